The van der Waals surface area contributed by atoms with Crippen LogP contribution in [0, 0.1) is 0 Å². The summed E-state index contributed by atoms with van der Waals surface area (Å²) in [5, 5.41) is 3.11. The van der Waals surface area contributed by atoms with E-state index >= 15 is 0 Å². The maximum absolute atomic E-state index is 12.5. The van der Waals surface area contributed by atoms with E-state index in [-0.39, 0.29) is 29.0 Å². The number of amides is 3. The molecule has 0 fully saturated rings. The largest absolute Gasteiger partial charge is 0.462 e. The number of esters is 1. The van der Waals surface area contributed by atoms with Crippen LogP contribution in [0.25, 0.3) is 10.9 Å². The van der Waals surface area contributed by atoms with E-state index < -0.39 is 30.2 Å². The van der Waals surface area contributed by atoms with E-state index in [9.17, 15) is 19.2 Å². The Kier molecular flexibility index (Phi) is 5.08. The molecule has 1 aliphatic rings. The first kappa shape index (κ1) is 20.0. The summed E-state index contributed by atoms with van der Waals surface area (Å²) in [5.74, 6) is -2.17. The number of aromatic nitrogens is 1. The Bertz CT molecular complexity index is 1220. The predicted octanol–water partition coefficient (Wildman–Crippen LogP) is 2.23. The molecule has 0 bridgehead atoms. The van der Waals surface area contributed by atoms with Gasteiger partial charge in [-0.25, -0.2) is 4.79 Å². The summed E-state index contributed by atoms with van der Waals surface area (Å²) >= 11 is 0. The minimum Gasteiger partial charge on any atom is -0.462 e. The highest BCUT2D eigenvalue weighted by atomic mass is 16.5. The van der Waals surface area contributed by atoms with Crippen molar-refractivity contribution in [3.05, 3.63) is 65.4 Å². The molecule has 1 aromatic heterocycles. The average Bonchev–Trinajstić information content (AvgIpc) is 2.99. The SMILES string of the molecule is CCOC(=O)c1cnc2ccc(NC(=O)CN3C(=O)c4ccccc4C3=O)cc2c1N. The molecule has 2 aromatic carbocycles. The van der Waals surface area contributed by atoms with E-state index in [1.165, 1.54) is 6.20 Å². The quantitative estimate of drug-likeness (QED) is 0.480. The van der Waals surface area contributed by atoms with Gasteiger partial charge in [-0.3, -0.25) is 24.3 Å². The third-order valence-electron chi connectivity index (χ3n) is 4.87. The zero-order chi connectivity index (χ0) is 22.1. The van der Waals surface area contributed by atoms with Gasteiger partial charge in [0, 0.05) is 17.3 Å². The van der Waals surface area contributed by atoms with Gasteiger partial charge >= 0.3 is 5.97 Å². The number of pyridine rings is 1. The zero-order valence-electron chi connectivity index (χ0n) is 16.5. The number of nitrogen functional groups attached to an aromatic ring is 1. The number of nitrogens with zero attached hydrogens (tertiary/aromatic N) is 2. The molecule has 0 unspecified atom stereocenters. The lowest BCUT2D eigenvalue weighted by Gasteiger charge is -2.14. The van der Waals surface area contributed by atoms with E-state index in [0.717, 1.165) is 4.90 Å². The predicted molar refractivity (Wildman–Crippen MR) is 113 cm³/mol. The summed E-state index contributed by atoms with van der Waals surface area (Å²) in [6.07, 6.45) is 1.34. The van der Waals surface area contributed by atoms with Gasteiger partial charge in [0.15, 0.2) is 0 Å². The first-order chi connectivity index (χ1) is 14.9. The Labute approximate surface area is 176 Å². The summed E-state index contributed by atoms with van der Waals surface area (Å²) in [6, 6.07) is 11.2. The summed E-state index contributed by atoms with van der Waals surface area (Å²) < 4.78 is 4.98. The van der Waals surface area contributed by atoms with Crippen LogP contribution in [0.2, 0.25) is 0 Å². The second kappa shape index (κ2) is 7.86. The van der Waals surface area contributed by atoms with Gasteiger partial charge in [0.1, 0.15) is 12.1 Å². The van der Waals surface area contributed by atoms with Crippen molar-refractivity contribution in [1.82, 2.24) is 9.88 Å². The van der Waals surface area contributed by atoms with Crippen LogP contribution in [-0.4, -0.2) is 46.7 Å². The molecule has 3 N–H and O–H groups in total. The molecule has 0 aliphatic carbocycles. The normalized spacial score (nSPS) is 12.7. The lowest BCUT2D eigenvalue weighted by molar-refractivity contribution is -0.116. The minimum absolute atomic E-state index is 0.129. The van der Waals surface area contributed by atoms with Crippen molar-refractivity contribution in [2.75, 3.05) is 24.2 Å². The molecule has 31 heavy (non-hydrogen) atoms. The Morgan fingerprint density at radius 3 is 2.42 bits per heavy atom. The highest BCUT2D eigenvalue weighted by Crippen LogP contribution is 2.27. The van der Waals surface area contributed by atoms with E-state index in [1.54, 1.807) is 49.4 Å². The van der Waals surface area contributed by atoms with Crippen molar-refractivity contribution in [1.29, 1.82) is 0 Å². The number of ether oxygens (including phenoxy) is 1. The van der Waals surface area contributed by atoms with Gasteiger partial charge < -0.3 is 15.8 Å². The number of rotatable bonds is 5. The highest BCUT2D eigenvalue weighted by Gasteiger charge is 2.36. The van der Waals surface area contributed by atoms with E-state index in [4.69, 9.17) is 10.5 Å². The molecule has 0 saturated carbocycles. The molecule has 0 atom stereocenters. The average molecular weight is 418 g/mol. The molecule has 0 radical (unpaired) electrons. The lowest BCUT2D eigenvalue weighted by Crippen LogP contribution is -2.37. The van der Waals surface area contributed by atoms with Crippen molar-refractivity contribution >= 4 is 46.0 Å². The first-order valence-corrected chi connectivity index (χ1v) is 9.51. The third-order valence-corrected chi connectivity index (χ3v) is 4.87. The Balaban J connectivity index is 1.54. The van der Waals surface area contributed by atoms with Crippen LogP contribution < -0.4 is 11.1 Å². The lowest BCUT2D eigenvalue weighted by atomic mass is 10.1. The van der Waals surface area contributed by atoms with Crippen molar-refractivity contribution < 1.29 is 23.9 Å². The standard InChI is InChI=1S/C22H18N4O5/c1-2-31-22(30)16-10-24-17-8-7-12(9-15(17)19(16)23)25-18(27)11-26-20(28)13-5-3-4-6-14(13)21(26)29/h3-10H,2,11H2,1H3,(H2,23,24)(H,25,27). The molecular formula is C22H18N4O5. The van der Waals surface area contributed by atoms with Gasteiger partial charge in [0.25, 0.3) is 11.8 Å². The second-order valence-electron chi connectivity index (χ2n) is 6.83. The molecule has 3 aromatic rings. The molecular weight excluding hydrogens is 400 g/mol. The molecule has 9 nitrogen and oxygen atoms in total. The van der Waals surface area contributed by atoms with Crippen molar-refractivity contribution in [3.63, 3.8) is 0 Å². The Morgan fingerprint density at radius 1 is 1.10 bits per heavy atom. The summed E-state index contributed by atoms with van der Waals surface area (Å²) in [4.78, 5) is 54.5. The number of benzene rings is 2. The van der Waals surface area contributed by atoms with Crippen LogP contribution in [0.5, 0.6) is 0 Å². The Hall–Kier alpha value is -4.27. The monoisotopic (exact) mass is 418 g/mol. The molecule has 0 spiro atoms. The Morgan fingerprint density at radius 2 is 1.77 bits per heavy atom. The van der Waals surface area contributed by atoms with Crippen molar-refractivity contribution in [2.45, 2.75) is 6.92 Å². The smallest absolute Gasteiger partial charge is 0.341 e. The van der Waals surface area contributed by atoms with Gasteiger partial charge in [-0.05, 0) is 37.3 Å². The molecule has 2 heterocycles. The van der Waals surface area contributed by atoms with Crippen LogP contribution in [-0.2, 0) is 9.53 Å². The highest BCUT2D eigenvalue weighted by molar-refractivity contribution is 6.22. The molecule has 0 saturated heterocycles. The van der Waals surface area contributed by atoms with E-state index in [1.807, 2.05) is 0 Å². The molecule has 156 valence electrons. The number of hydrogen-bond acceptors (Lipinski definition) is 7. The summed E-state index contributed by atoms with van der Waals surface area (Å²) in [5.41, 5.74) is 7.88. The number of fused-ring (bicyclic) bond motifs is 2. The van der Waals surface area contributed by atoms with Gasteiger partial charge in [-0.1, -0.05) is 12.1 Å². The number of carbonyl (C=O) groups excluding carboxylic acids is 4. The fraction of sp³-hybridized carbons (Fsp3) is 0.136. The zero-order valence-corrected chi connectivity index (χ0v) is 16.5. The van der Waals surface area contributed by atoms with E-state index in [0.29, 0.717) is 16.6 Å². The number of nitrogens with two attached hydrogens (primary N) is 1. The van der Waals surface area contributed by atoms with E-state index in [2.05, 4.69) is 10.3 Å². The minimum atomic E-state index is -0.588. The second-order valence-corrected chi connectivity index (χ2v) is 6.83. The molecule has 4 rings (SSSR count). The van der Waals surface area contributed by atoms with Gasteiger partial charge in [0.05, 0.1) is 28.9 Å². The van der Waals surface area contributed by atoms with Gasteiger partial charge in [-0.15, -0.1) is 0 Å². The van der Waals surface area contributed by atoms with Crippen LogP contribution in [0.4, 0.5) is 11.4 Å². The van der Waals surface area contributed by atoms with Crippen LogP contribution in [0.15, 0.2) is 48.7 Å². The van der Waals surface area contributed by atoms with Crippen molar-refractivity contribution in [3.8, 4) is 0 Å². The number of hydrogen-bond donors (Lipinski definition) is 2. The first-order valence-electron chi connectivity index (χ1n) is 9.51. The number of carbonyl (C=O) groups is 4. The maximum atomic E-state index is 12.5. The number of imide groups is 1. The topological polar surface area (TPSA) is 132 Å². The summed E-state index contributed by atoms with van der Waals surface area (Å²) in [6.45, 7) is 1.45. The molecule has 9 heteroatoms. The third kappa shape index (κ3) is 3.57. The van der Waals surface area contributed by atoms with Gasteiger partial charge in [0.2, 0.25) is 5.91 Å². The van der Waals surface area contributed by atoms with Crippen LogP contribution in [0.3, 0.4) is 0 Å². The molecule has 3 amide bonds. The maximum Gasteiger partial charge on any atom is 0.341 e. The van der Waals surface area contributed by atoms with Crippen LogP contribution >= 0.6 is 0 Å². The number of nitrogens with one attached hydrogen (secondary N) is 1. The molecule has 1 aliphatic heterocycles. The summed E-state index contributed by atoms with van der Waals surface area (Å²) in [7, 11) is 0. The fourth-order valence-corrected chi connectivity index (χ4v) is 3.39. The van der Waals surface area contributed by atoms with Gasteiger partial charge in [-0.2, -0.15) is 0 Å². The van der Waals surface area contributed by atoms with Crippen molar-refractivity contribution in [2.24, 2.45) is 0 Å². The fourth-order valence-electron chi connectivity index (χ4n) is 3.39. The number of anilines is 2. The van der Waals surface area contributed by atoms with Crippen LogP contribution in [0.1, 0.15) is 38.0 Å².